The summed E-state index contributed by atoms with van der Waals surface area (Å²) >= 11 is 1.75. The van der Waals surface area contributed by atoms with Crippen LogP contribution in [0.3, 0.4) is 0 Å². The van der Waals surface area contributed by atoms with Gasteiger partial charge in [-0.1, -0.05) is 18.7 Å². The average molecular weight is 164 g/mol. The molecule has 0 saturated carbocycles. The number of thiophene rings is 1. The molecule has 0 amide bonds. The minimum Gasteiger partial charge on any atom is -0.144 e. The van der Waals surface area contributed by atoms with Crippen LogP contribution in [0.4, 0.5) is 0 Å². The van der Waals surface area contributed by atoms with Gasteiger partial charge in [0.25, 0.3) is 0 Å². The van der Waals surface area contributed by atoms with E-state index in [0.717, 1.165) is 5.57 Å². The zero-order valence-electron chi connectivity index (χ0n) is 6.92. The molecule has 0 saturated heterocycles. The van der Waals surface area contributed by atoms with Crippen LogP contribution in [-0.4, -0.2) is 0 Å². The van der Waals surface area contributed by atoms with E-state index in [2.05, 4.69) is 30.2 Å². The maximum Gasteiger partial charge on any atom is 0.0341 e. The summed E-state index contributed by atoms with van der Waals surface area (Å²) in [6.45, 7) is 8.00. The predicted molar refractivity (Wildman–Crippen MR) is 52.8 cm³/mol. The number of hydrogen-bond donors (Lipinski definition) is 0. The largest absolute Gasteiger partial charge is 0.144 e. The Kier molecular flexibility index (Phi) is 2.66. The van der Waals surface area contributed by atoms with Gasteiger partial charge in [-0.15, -0.1) is 11.3 Å². The van der Waals surface area contributed by atoms with Gasteiger partial charge in [0, 0.05) is 4.88 Å². The summed E-state index contributed by atoms with van der Waals surface area (Å²) in [5, 5.41) is 2.09. The van der Waals surface area contributed by atoms with Crippen molar-refractivity contribution >= 4 is 16.9 Å². The van der Waals surface area contributed by atoms with Crippen LogP contribution in [0.2, 0.25) is 0 Å². The first kappa shape index (κ1) is 8.28. The predicted octanol–water partition coefficient (Wildman–Crippen LogP) is 3.73. The van der Waals surface area contributed by atoms with Gasteiger partial charge in [0.1, 0.15) is 0 Å². The molecule has 0 spiro atoms. The molecule has 0 aliphatic rings. The average Bonchev–Trinajstić information content (AvgIpc) is 2.40. The summed E-state index contributed by atoms with van der Waals surface area (Å²) in [7, 11) is 0. The van der Waals surface area contributed by atoms with Crippen molar-refractivity contribution in [3.63, 3.8) is 0 Å². The Morgan fingerprint density at radius 1 is 1.64 bits per heavy atom. The van der Waals surface area contributed by atoms with Crippen LogP contribution in [0.1, 0.15) is 18.7 Å². The lowest BCUT2D eigenvalue weighted by Gasteiger charge is -2.01. The van der Waals surface area contributed by atoms with Crippen molar-refractivity contribution in [2.45, 2.75) is 13.8 Å². The summed E-state index contributed by atoms with van der Waals surface area (Å²) in [6, 6.07) is 4.18. The van der Waals surface area contributed by atoms with Crippen molar-refractivity contribution in [1.82, 2.24) is 0 Å². The molecular formula is C10H12S. The van der Waals surface area contributed by atoms with Gasteiger partial charge in [-0.25, -0.2) is 0 Å². The highest BCUT2D eigenvalue weighted by molar-refractivity contribution is 7.11. The van der Waals surface area contributed by atoms with Crippen molar-refractivity contribution in [2.75, 3.05) is 0 Å². The summed E-state index contributed by atoms with van der Waals surface area (Å²) in [5.41, 5.74) is 2.40. The molecule has 0 nitrogen and oxygen atoms in total. The first-order chi connectivity index (χ1) is 5.25. The van der Waals surface area contributed by atoms with E-state index in [1.54, 1.807) is 11.3 Å². The number of allylic oxidation sites excluding steroid dienone is 3. The molecule has 0 bridgehead atoms. The molecule has 0 aliphatic carbocycles. The van der Waals surface area contributed by atoms with Crippen molar-refractivity contribution in [3.05, 3.63) is 40.6 Å². The Morgan fingerprint density at radius 2 is 2.36 bits per heavy atom. The summed E-state index contributed by atoms with van der Waals surface area (Å²) in [6.07, 6.45) is 2.11. The van der Waals surface area contributed by atoms with Crippen LogP contribution >= 0.6 is 11.3 Å². The van der Waals surface area contributed by atoms with Gasteiger partial charge in [0.2, 0.25) is 0 Å². The van der Waals surface area contributed by atoms with Gasteiger partial charge >= 0.3 is 0 Å². The Bertz CT molecular complexity index is 265. The van der Waals surface area contributed by atoms with Crippen LogP contribution in [0.5, 0.6) is 0 Å². The zero-order valence-corrected chi connectivity index (χ0v) is 7.74. The van der Waals surface area contributed by atoms with E-state index in [1.165, 1.54) is 10.5 Å². The van der Waals surface area contributed by atoms with E-state index in [0.29, 0.717) is 0 Å². The third-order valence-corrected chi connectivity index (χ3v) is 2.44. The lowest BCUT2D eigenvalue weighted by molar-refractivity contribution is 1.55. The van der Waals surface area contributed by atoms with Crippen LogP contribution in [0.25, 0.3) is 5.57 Å². The molecule has 1 heteroatoms. The topological polar surface area (TPSA) is 0 Å². The van der Waals surface area contributed by atoms with Crippen molar-refractivity contribution in [2.24, 2.45) is 0 Å². The first-order valence-corrected chi connectivity index (χ1v) is 4.49. The molecule has 58 valence electrons. The molecule has 0 fully saturated rings. The van der Waals surface area contributed by atoms with Gasteiger partial charge < -0.3 is 0 Å². The molecule has 1 rings (SSSR count). The van der Waals surface area contributed by atoms with Crippen LogP contribution in [0.15, 0.2) is 35.7 Å². The van der Waals surface area contributed by atoms with Crippen molar-refractivity contribution < 1.29 is 0 Å². The maximum absolute atomic E-state index is 3.92. The molecule has 1 heterocycles. The SMILES string of the molecule is C=C(C)/C(=C\C)c1cccs1. The van der Waals surface area contributed by atoms with Gasteiger partial charge in [-0.3, -0.25) is 0 Å². The minimum absolute atomic E-state index is 1.13. The fraction of sp³-hybridized carbons (Fsp3) is 0.200. The van der Waals surface area contributed by atoms with Gasteiger partial charge in [-0.05, 0) is 36.4 Å². The van der Waals surface area contributed by atoms with Crippen LogP contribution < -0.4 is 0 Å². The minimum atomic E-state index is 1.13. The number of hydrogen-bond acceptors (Lipinski definition) is 1. The molecule has 0 unspecified atom stereocenters. The Hall–Kier alpha value is -0.820. The van der Waals surface area contributed by atoms with E-state index in [1.807, 2.05) is 13.8 Å². The van der Waals surface area contributed by atoms with Crippen LogP contribution in [0, 0.1) is 0 Å². The second kappa shape index (κ2) is 3.54. The molecule has 0 N–H and O–H groups in total. The number of rotatable bonds is 2. The maximum atomic E-state index is 3.92. The quantitative estimate of drug-likeness (QED) is 0.584. The normalized spacial score (nSPS) is 11.6. The lowest BCUT2D eigenvalue weighted by Crippen LogP contribution is -1.78. The van der Waals surface area contributed by atoms with Gasteiger partial charge in [0.15, 0.2) is 0 Å². The van der Waals surface area contributed by atoms with Crippen LogP contribution in [-0.2, 0) is 0 Å². The standard InChI is InChI=1S/C10H12S/c1-4-9(8(2)3)10-6-5-7-11-10/h4-7H,2H2,1,3H3/b9-4+. The van der Waals surface area contributed by atoms with E-state index in [9.17, 15) is 0 Å². The van der Waals surface area contributed by atoms with Crippen molar-refractivity contribution in [3.8, 4) is 0 Å². The third-order valence-electron chi connectivity index (χ3n) is 1.54. The Balaban J connectivity index is 2.99. The summed E-state index contributed by atoms with van der Waals surface area (Å²) < 4.78 is 0. The second-order valence-corrected chi connectivity index (χ2v) is 3.41. The van der Waals surface area contributed by atoms with E-state index in [-0.39, 0.29) is 0 Å². The van der Waals surface area contributed by atoms with E-state index in [4.69, 9.17) is 0 Å². The molecule has 0 atom stereocenters. The third kappa shape index (κ3) is 1.81. The van der Waals surface area contributed by atoms with Crippen molar-refractivity contribution in [1.29, 1.82) is 0 Å². The lowest BCUT2D eigenvalue weighted by atomic mass is 10.1. The van der Waals surface area contributed by atoms with Gasteiger partial charge in [-0.2, -0.15) is 0 Å². The first-order valence-electron chi connectivity index (χ1n) is 3.61. The highest BCUT2D eigenvalue weighted by Crippen LogP contribution is 2.25. The smallest absolute Gasteiger partial charge is 0.0341 e. The fourth-order valence-corrected chi connectivity index (χ4v) is 1.91. The molecule has 0 radical (unpaired) electrons. The highest BCUT2D eigenvalue weighted by Gasteiger charge is 2.00. The van der Waals surface area contributed by atoms with E-state index < -0.39 is 0 Å². The molecule has 11 heavy (non-hydrogen) atoms. The molecular weight excluding hydrogens is 152 g/mol. The Morgan fingerprint density at radius 3 is 2.73 bits per heavy atom. The highest BCUT2D eigenvalue weighted by atomic mass is 32.1. The second-order valence-electron chi connectivity index (χ2n) is 2.46. The fourth-order valence-electron chi connectivity index (χ4n) is 1.03. The monoisotopic (exact) mass is 164 g/mol. The Labute approximate surface area is 71.9 Å². The summed E-state index contributed by atoms with van der Waals surface area (Å²) in [5.74, 6) is 0. The molecule has 1 aromatic heterocycles. The molecule has 0 aliphatic heterocycles. The zero-order chi connectivity index (χ0) is 8.27. The molecule has 1 aromatic rings. The van der Waals surface area contributed by atoms with Gasteiger partial charge in [0.05, 0.1) is 0 Å². The van der Waals surface area contributed by atoms with E-state index >= 15 is 0 Å². The molecule has 0 aromatic carbocycles. The summed E-state index contributed by atoms with van der Waals surface area (Å²) in [4.78, 5) is 1.31.